The van der Waals surface area contributed by atoms with Crippen LogP contribution in [-0.2, 0) is 0 Å². The molecule has 1 fully saturated rings. The molecule has 0 spiro atoms. The molecule has 1 N–H and O–H groups in total. The lowest BCUT2D eigenvalue weighted by Gasteiger charge is -2.38. The van der Waals surface area contributed by atoms with Crippen molar-refractivity contribution in [1.29, 1.82) is 0 Å². The molecule has 13 heavy (non-hydrogen) atoms. The van der Waals surface area contributed by atoms with Gasteiger partial charge in [0.2, 0.25) is 0 Å². The molecular weight excluding hydrogens is 160 g/mol. The average molecular weight is 184 g/mol. The van der Waals surface area contributed by atoms with Crippen molar-refractivity contribution in [3.05, 3.63) is 0 Å². The Bertz CT molecular complexity index is 143. The summed E-state index contributed by atoms with van der Waals surface area (Å²) >= 11 is 0. The SMILES string of the molecule is CC(C)C1CCC(C)(CCO)CC1. The van der Waals surface area contributed by atoms with Gasteiger partial charge in [0.25, 0.3) is 0 Å². The quantitative estimate of drug-likeness (QED) is 0.714. The maximum atomic E-state index is 8.96. The van der Waals surface area contributed by atoms with E-state index in [2.05, 4.69) is 20.8 Å². The highest BCUT2D eigenvalue weighted by atomic mass is 16.3. The summed E-state index contributed by atoms with van der Waals surface area (Å²) in [6, 6.07) is 0. The molecule has 0 radical (unpaired) electrons. The van der Waals surface area contributed by atoms with Gasteiger partial charge in [-0.15, -0.1) is 0 Å². The monoisotopic (exact) mass is 184 g/mol. The summed E-state index contributed by atoms with van der Waals surface area (Å²) in [4.78, 5) is 0. The van der Waals surface area contributed by atoms with Gasteiger partial charge in [0.05, 0.1) is 0 Å². The van der Waals surface area contributed by atoms with Crippen molar-refractivity contribution >= 4 is 0 Å². The minimum Gasteiger partial charge on any atom is -0.396 e. The first-order valence-electron chi connectivity index (χ1n) is 5.68. The van der Waals surface area contributed by atoms with E-state index in [0.717, 1.165) is 18.3 Å². The van der Waals surface area contributed by atoms with Crippen molar-refractivity contribution in [2.45, 2.75) is 52.9 Å². The summed E-state index contributed by atoms with van der Waals surface area (Å²) in [5.74, 6) is 1.78. The van der Waals surface area contributed by atoms with E-state index < -0.39 is 0 Å². The van der Waals surface area contributed by atoms with Gasteiger partial charge >= 0.3 is 0 Å². The summed E-state index contributed by atoms with van der Waals surface area (Å²) < 4.78 is 0. The fourth-order valence-electron chi connectivity index (χ4n) is 2.52. The summed E-state index contributed by atoms with van der Waals surface area (Å²) in [6.07, 6.45) is 6.37. The lowest BCUT2D eigenvalue weighted by Crippen LogP contribution is -2.27. The predicted octanol–water partition coefficient (Wildman–Crippen LogP) is 3.22. The molecule has 0 atom stereocenters. The van der Waals surface area contributed by atoms with Crippen LogP contribution in [0.5, 0.6) is 0 Å². The van der Waals surface area contributed by atoms with Crippen molar-refractivity contribution in [1.82, 2.24) is 0 Å². The third-order valence-electron chi connectivity index (χ3n) is 3.90. The Hall–Kier alpha value is -0.0400. The van der Waals surface area contributed by atoms with Crippen LogP contribution in [0.25, 0.3) is 0 Å². The first-order valence-corrected chi connectivity index (χ1v) is 5.68. The van der Waals surface area contributed by atoms with Crippen LogP contribution in [0.15, 0.2) is 0 Å². The summed E-state index contributed by atoms with van der Waals surface area (Å²) in [6.45, 7) is 7.36. The maximum Gasteiger partial charge on any atom is 0.0436 e. The Labute approximate surface area is 82.5 Å². The molecule has 0 amide bonds. The van der Waals surface area contributed by atoms with Crippen LogP contribution in [0.3, 0.4) is 0 Å². The van der Waals surface area contributed by atoms with Crippen molar-refractivity contribution in [3.8, 4) is 0 Å². The second-order valence-electron chi connectivity index (χ2n) is 5.37. The molecule has 0 aromatic carbocycles. The van der Waals surface area contributed by atoms with Crippen molar-refractivity contribution < 1.29 is 5.11 Å². The average Bonchev–Trinajstić information content (AvgIpc) is 2.05. The molecule has 1 nitrogen and oxygen atoms in total. The van der Waals surface area contributed by atoms with Crippen molar-refractivity contribution in [2.24, 2.45) is 17.3 Å². The lowest BCUT2D eigenvalue weighted by molar-refractivity contribution is 0.107. The number of hydrogen-bond acceptors (Lipinski definition) is 1. The minimum atomic E-state index is 0.364. The van der Waals surface area contributed by atoms with E-state index >= 15 is 0 Å². The molecule has 1 aliphatic carbocycles. The minimum absolute atomic E-state index is 0.364. The molecule has 0 heterocycles. The number of aliphatic hydroxyl groups excluding tert-OH is 1. The largest absolute Gasteiger partial charge is 0.396 e. The van der Waals surface area contributed by atoms with Gasteiger partial charge in [0.1, 0.15) is 0 Å². The van der Waals surface area contributed by atoms with Crippen molar-refractivity contribution in [2.75, 3.05) is 6.61 Å². The second kappa shape index (κ2) is 4.45. The van der Waals surface area contributed by atoms with Crippen LogP contribution in [0, 0.1) is 17.3 Å². The Morgan fingerprint density at radius 1 is 1.31 bits per heavy atom. The summed E-state index contributed by atoms with van der Waals surface area (Å²) in [5.41, 5.74) is 0.445. The fraction of sp³-hybridized carbons (Fsp3) is 1.00. The molecule has 1 heteroatoms. The molecule has 1 rings (SSSR count). The van der Waals surface area contributed by atoms with E-state index in [1.807, 2.05) is 0 Å². The van der Waals surface area contributed by atoms with Gasteiger partial charge in [0.15, 0.2) is 0 Å². The third kappa shape index (κ3) is 2.98. The van der Waals surface area contributed by atoms with E-state index in [1.54, 1.807) is 0 Å². The van der Waals surface area contributed by atoms with E-state index in [1.165, 1.54) is 25.7 Å². The standard InChI is InChI=1S/C12H24O/c1-10(2)11-4-6-12(3,7-5-11)8-9-13/h10-11,13H,4-9H2,1-3H3. The molecule has 0 aromatic rings. The highest BCUT2D eigenvalue weighted by Crippen LogP contribution is 2.42. The highest BCUT2D eigenvalue weighted by Gasteiger charge is 2.31. The third-order valence-corrected chi connectivity index (χ3v) is 3.90. The van der Waals surface area contributed by atoms with Gasteiger partial charge < -0.3 is 5.11 Å². The fourth-order valence-corrected chi connectivity index (χ4v) is 2.52. The zero-order chi connectivity index (χ0) is 9.90. The molecule has 0 aliphatic heterocycles. The number of rotatable bonds is 3. The zero-order valence-electron chi connectivity index (χ0n) is 9.34. The van der Waals surface area contributed by atoms with E-state index in [4.69, 9.17) is 5.11 Å². The van der Waals surface area contributed by atoms with Gasteiger partial charge in [-0.3, -0.25) is 0 Å². The van der Waals surface area contributed by atoms with Gasteiger partial charge in [0, 0.05) is 6.61 Å². The van der Waals surface area contributed by atoms with Gasteiger partial charge in [-0.1, -0.05) is 20.8 Å². The van der Waals surface area contributed by atoms with E-state index in [0.29, 0.717) is 12.0 Å². The Morgan fingerprint density at radius 2 is 1.85 bits per heavy atom. The van der Waals surface area contributed by atoms with Crippen LogP contribution in [0.1, 0.15) is 52.9 Å². The summed E-state index contributed by atoms with van der Waals surface area (Å²) in [7, 11) is 0. The molecule has 0 unspecified atom stereocenters. The predicted molar refractivity (Wildman–Crippen MR) is 56.6 cm³/mol. The Morgan fingerprint density at radius 3 is 2.23 bits per heavy atom. The van der Waals surface area contributed by atoms with Crippen LogP contribution in [-0.4, -0.2) is 11.7 Å². The Balaban J connectivity index is 2.37. The van der Waals surface area contributed by atoms with Crippen LogP contribution in [0.2, 0.25) is 0 Å². The highest BCUT2D eigenvalue weighted by molar-refractivity contribution is 4.82. The summed E-state index contributed by atoms with van der Waals surface area (Å²) in [5, 5.41) is 8.96. The van der Waals surface area contributed by atoms with Gasteiger partial charge in [-0.25, -0.2) is 0 Å². The normalized spacial score (nSPS) is 35.3. The number of hydrogen-bond donors (Lipinski definition) is 1. The van der Waals surface area contributed by atoms with Crippen LogP contribution in [0.4, 0.5) is 0 Å². The lowest BCUT2D eigenvalue weighted by atomic mass is 9.68. The van der Waals surface area contributed by atoms with E-state index in [-0.39, 0.29) is 0 Å². The van der Waals surface area contributed by atoms with Crippen LogP contribution < -0.4 is 0 Å². The van der Waals surface area contributed by atoms with E-state index in [9.17, 15) is 0 Å². The molecule has 0 saturated heterocycles. The molecule has 78 valence electrons. The zero-order valence-corrected chi connectivity index (χ0v) is 9.34. The first-order chi connectivity index (χ1) is 6.07. The molecule has 1 saturated carbocycles. The first kappa shape index (κ1) is 11.0. The van der Waals surface area contributed by atoms with Crippen LogP contribution >= 0.6 is 0 Å². The maximum absolute atomic E-state index is 8.96. The second-order valence-corrected chi connectivity index (χ2v) is 5.37. The molecule has 0 aromatic heterocycles. The van der Waals surface area contributed by atoms with Crippen molar-refractivity contribution in [3.63, 3.8) is 0 Å². The number of aliphatic hydroxyl groups is 1. The van der Waals surface area contributed by atoms with Gasteiger partial charge in [-0.05, 0) is 49.4 Å². The van der Waals surface area contributed by atoms with Gasteiger partial charge in [-0.2, -0.15) is 0 Å². The smallest absolute Gasteiger partial charge is 0.0436 e. The molecule has 1 aliphatic rings. The Kier molecular flexibility index (Phi) is 3.78. The molecular formula is C12H24O. The molecule has 0 bridgehead atoms. The topological polar surface area (TPSA) is 20.2 Å².